The maximum Gasteiger partial charge on any atom is 0.245 e. The van der Waals surface area contributed by atoms with E-state index in [9.17, 15) is 18.0 Å². The van der Waals surface area contributed by atoms with E-state index in [4.69, 9.17) is 0 Å². The molecule has 2 N–H and O–H groups in total. The number of sulfonamides is 1. The molecule has 1 aliphatic heterocycles. The number of pyridine rings is 1. The van der Waals surface area contributed by atoms with E-state index >= 15 is 0 Å². The van der Waals surface area contributed by atoms with Gasteiger partial charge in [-0.15, -0.1) is 0 Å². The van der Waals surface area contributed by atoms with Crippen LogP contribution in [0.25, 0.3) is 0 Å². The third kappa shape index (κ3) is 2.94. The van der Waals surface area contributed by atoms with Crippen molar-refractivity contribution in [1.82, 2.24) is 14.6 Å². The van der Waals surface area contributed by atoms with Crippen LogP contribution in [-0.2, 0) is 19.6 Å². The predicted octanol–water partition coefficient (Wildman–Crippen LogP) is -0.839. The minimum atomic E-state index is -3.90. The molecule has 1 aliphatic rings. The van der Waals surface area contributed by atoms with Crippen LogP contribution in [0.15, 0.2) is 23.2 Å². The van der Waals surface area contributed by atoms with Gasteiger partial charge in [-0.2, -0.15) is 4.31 Å². The van der Waals surface area contributed by atoms with E-state index in [-0.39, 0.29) is 18.0 Å². The third-order valence-electron chi connectivity index (χ3n) is 2.65. The zero-order valence-corrected chi connectivity index (χ0v) is 11.6. The molecular weight excluding hydrogens is 284 g/mol. The van der Waals surface area contributed by atoms with E-state index in [1.807, 2.05) is 12.2 Å². The number of aromatic nitrogens is 1. The number of piperazine rings is 1. The Labute approximate surface area is 116 Å². The van der Waals surface area contributed by atoms with Crippen LogP contribution in [0.5, 0.6) is 0 Å². The molecule has 20 heavy (non-hydrogen) atoms. The number of amides is 2. The minimum Gasteiger partial charge on any atom is -0.370 e. The Morgan fingerprint density at radius 2 is 1.95 bits per heavy atom. The second kappa shape index (κ2) is 5.55. The van der Waals surface area contributed by atoms with Gasteiger partial charge in [-0.3, -0.25) is 14.9 Å². The molecular formula is C11H14N4O4S. The molecule has 2 amide bonds. The Kier molecular flexibility index (Phi) is 4.00. The monoisotopic (exact) mass is 298 g/mol. The van der Waals surface area contributed by atoms with E-state index in [0.717, 1.165) is 4.31 Å². The van der Waals surface area contributed by atoms with E-state index < -0.39 is 21.8 Å². The molecule has 0 radical (unpaired) electrons. The smallest absolute Gasteiger partial charge is 0.245 e. The molecule has 1 saturated heterocycles. The number of rotatable bonds is 4. The summed E-state index contributed by atoms with van der Waals surface area (Å²) in [5, 5.41) is 4.99. The van der Waals surface area contributed by atoms with Crippen molar-refractivity contribution in [2.75, 3.05) is 25.0 Å². The summed E-state index contributed by atoms with van der Waals surface area (Å²) >= 11 is 0. The SMILES string of the molecule is CCNc1ccc(S(=O)(=O)N2CC(=O)NC(=O)C2)cn1. The Morgan fingerprint density at radius 1 is 1.30 bits per heavy atom. The molecule has 1 aromatic rings. The van der Waals surface area contributed by atoms with Gasteiger partial charge in [-0.1, -0.05) is 0 Å². The lowest BCUT2D eigenvalue weighted by molar-refractivity contribution is -0.134. The first kappa shape index (κ1) is 14.4. The Bertz CT molecular complexity index is 610. The summed E-state index contributed by atoms with van der Waals surface area (Å²) in [6.45, 7) is 1.82. The molecule has 108 valence electrons. The quantitative estimate of drug-likeness (QED) is 0.702. The highest BCUT2D eigenvalue weighted by atomic mass is 32.2. The number of hydrogen-bond acceptors (Lipinski definition) is 6. The molecule has 0 saturated carbocycles. The van der Waals surface area contributed by atoms with Crippen molar-refractivity contribution in [1.29, 1.82) is 0 Å². The molecule has 9 heteroatoms. The lowest BCUT2D eigenvalue weighted by Gasteiger charge is -2.24. The predicted molar refractivity (Wildman–Crippen MR) is 70.3 cm³/mol. The topological polar surface area (TPSA) is 108 Å². The van der Waals surface area contributed by atoms with Gasteiger partial charge in [-0.25, -0.2) is 13.4 Å². The number of carbonyl (C=O) groups excluding carboxylic acids is 2. The summed E-state index contributed by atoms with van der Waals surface area (Å²) in [6.07, 6.45) is 1.20. The van der Waals surface area contributed by atoms with Gasteiger partial charge in [0.15, 0.2) is 0 Å². The number of nitrogens with zero attached hydrogens (tertiary/aromatic N) is 2. The van der Waals surface area contributed by atoms with Gasteiger partial charge < -0.3 is 5.32 Å². The zero-order chi connectivity index (χ0) is 14.8. The van der Waals surface area contributed by atoms with Crippen molar-refractivity contribution >= 4 is 27.7 Å². The van der Waals surface area contributed by atoms with E-state index in [1.54, 1.807) is 0 Å². The van der Waals surface area contributed by atoms with Crippen LogP contribution in [0.1, 0.15) is 6.92 Å². The summed E-state index contributed by atoms with van der Waals surface area (Å²) in [6, 6.07) is 2.92. The highest BCUT2D eigenvalue weighted by Gasteiger charge is 2.32. The molecule has 0 atom stereocenters. The number of anilines is 1. The van der Waals surface area contributed by atoms with Gasteiger partial charge in [0, 0.05) is 12.7 Å². The first-order valence-corrected chi connectivity index (χ1v) is 7.40. The maximum absolute atomic E-state index is 12.3. The number of nitrogens with one attached hydrogen (secondary N) is 2. The van der Waals surface area contributed by atoms with Crippen molar-refractivity contribution in [3.8, 4) is 0 Å². The van der Waals surface area contributed by atoms with E-state index in [1.165, 1.54) is 18.3 Å². The van der Waals surface area contributed by atoms with Crippen molar-refractivity contribution in [2.45, 2.75) is 11.8 Å². The first-order valence-electron chi connectivity index (χ1n) is 5.96. The van der Waals surface area contributed by atoms with Crippen LogP contribution in [0.4, 0.5) is 5.82 Å². The molecule has 2 heterocycles. The fraction of sp³-hybridized carbons (Fsp3) is 0.364. The molecule has 1 aromatic heterocycles. The Balaban J connectivity index is 2.25. The number of hydrogen-bond donors (Lipinski definition) is 2. The highest BCUT2D eigenvalue weighted by Crippen LogP contribution is 2.17. The van der Waals surface area contributed by atoms with E-state index in [0.29, 0.717) is 12.4 Å². The fourth-order valence-corrected chi connectivity index (χ4v) is 3.05. The van der Waals surface area contributed by atoms with Crippen LogP contribution in [0.3, 0.4) is 0 Å². The van der Waals surface area contributed by atoms with Crippen LogP contribution >= 0.6 is 0 Å². The zero-order valence-electron chi connectivity index (χ0n) is 10.8. The Hall–Kier alpha value is -2.00. The average Bonchev–Trinajstić information content (AvgIpc) is 2.38. The van der Waals surface area contributed by atoms with E-state index in [2.05, 4.69) is 10.3 Å². The van der Waals surface area contributed by atoms with Crippen LogP contribution < -0.4 is 10.6 Å². The average molecular weight is 298 g/mol. The van der Waals surface area contributed by atoms with Crippen molar-refractivity contribution < 1.29 is 18.0 Å². The minimum absolute atomic E-state index is 0.0540. The van der Waals surface area contributed by atoms with Crippen LogP contribution in [0.2, 0.25) is 0 Å². The molecule has 2 rings (SSSR count). The van der Waals surface area contributed by atoms with Gasteiger partial charge in [-0.05, 0) is 19.1 Å². The highest BCUT2D eigenvalue weighted by molar-refractivity contribution is 7.89. The molecule has 0 spiro atoms. The second-order valence-corrected chi connectivity index (χ2v) is 6.09. The summed E-state index contributed by atoms with van der Waals surface area (Å²) in [4.78, 5) is 26.4. The normalized spacial score (nSPS) is 16.9. The Morgan fingerprint density at radius 3 is 2.45 bits per heavy atom. The lowest BCUT2D eigenvalue weighted by Crippen LogP contribution is -2.53. The molecule has 0 unspecified atom stereocenters. The van der Waals surface area contributed by atoms with Gasteiger partial charge in [0.2, 0.25) is 21.8 Å². The molecule has 8 nitrogen and oxygen atoms in total. The first-order chi connectivity index (χ1) is 9.43. The summed E-state index contributed by atoms with van der Waals surface area (Å²) in [5.41, 5.74) is 0. The van der Waals surface area contributed by atoms with Gasteiger partial charge in [0.25, 0.3) is 0 Å². The number of carbonyl (C=O) groups is 2. The maximum atomic E-state index is 12.3. The largest absolute Gasteiger partial charge is 0.370 e. The molecule has 0 aliphatic carbocycles. The molecule has 0 bridgehead atoms. The standard InChI is InChI=1S/C11H14N4O4S/c1-2-12-9-4-3-8(5-13-9)20(18,19)15-6-10(16)14-11(17)7-15/h3-5H,2,6-7H2,1H3,(H,12,13)(H,14,16,17). The van der Waals surface area contributed by atoms with Crippen molar-refractivity contribution in [3.05, 3.63) is 18.3 Å². The third-order valence-corrected chi connectivity index (χ3v) is 4.43. The number of imide groups is 1. The molecule has 0 aromatic carbocycles. The van der Waals surface area contributed by atoms with Gasteiger partial charge >= 0.3 is 0 Å². The van der Waals surface area contributed by atoms with Crippen LogP contribution in [0, 0.1) is 0 Å². The van der Waals surface area contributed by atoms with Gasteiger partial charge in [0.1, 0.15) is 10.7 Å². The second-order valence-electron chi connectivity index (χ2n) is 4.15. The summed E-state index contributed by atoms with van der Waals surface area (Å²) < 4.78 is 25.4. The fourth-order valence-electron chi connectivity index (χ4n) is 1.75. The summed E-state index contributed by atoms with van der Waals surface area (Å²) in [5.74, 6) is -0.719. The van der Waals surface area contributed by atoms with Crippen molar-refractivity contribution in [2.24, 2.45) is 0 Å². The van der Waals surface area contributed by atoms with Crippen LogP contribution in [-0.4, -0.2) is 49.2 Å². The van der Waals surface area contributed by atoms with Crippen molar-refractivity contribution in [3.63, 3.8) is 0 Å². The lowest BCUT2D eigenvalue weighted by atomic mass is 10.4. The summed E-state index contributed by atoms with van der Waals surface area (Å²) in [7, 11) is -3.90. The molecule has 1 fully saturated rings. The van der Waals surface area contributed by atoms with Gasteiger partial charge in [0.05, 0.1) is 13.1 Å².